The number of ether oxygens (including phenoxy) is 1. The van der Waals surface area contributed by atoms with Gasteiger partial charge >= 0.3 is 6.09 Å². The molecule has 1 amide bonds. The smallest absolute Gasteiger partial charge is 0.410 e. The third kappa shape index (κ3) is 6.35. The summed E-state index contributed by atoms with van der Waals surface area (Å²) in [4.78, 5) is 27.7. The SMILES string of the molecule is C#CC1CCC(Cn2c(N3CCOC[C@H]3c3ccccc3)nc3nc(C(=N)NC(=O)O)nc(-c4cccc(C(F)F)c4)c32)CC1. The molecule has 1 saturated carbocycles. The Labute approximate surface area is 259 Å². The lowest BCUT2D eigenvalue weighted by molar-refractivity contribution is 0.0927. The standard InChI is InChI=1S/C33H33F2N7O3/c1-2-20-11-13-21(14-12-20)18-42-27-26(23-9-6-10-24(17-23)28(34)35)37-31(29(36)38-33(43)44)39-30(27)40-32(42)41-15-16-45-19-25(41)22-7-4-3-5-8-22/h1,3-10,17,20-21,25,28H,11-16,18-19H2,(H2,36,38)(H,43,44)/t20?,21?,25-/m0/s1. The molecular formula is C33H33F2N7O3. The number of morpholine rings is 1. The van der Waals surface area contributed by atoms with Crippen LogP contribution in [0.15, 0.2) is 54.6 Å². The van der Waals surface area contributed by atoms with Gasteiger partial charge in [0.25, 0.3) is 6.43 Å². The topological polar surface area (TPSA) is 129 Å². The number of alkyl halides is 2. The van der Waals surface area contributed by atoms with E-state index in [1.807, 2.05) is 35.6 Å². The Kier molecular flexibility index (Phi) is 8.71. The fourth-order valence-electron chi connectivity index (χ4n) is 6.28. The normalized spacial score (nSPS) is 20.2. The van der Waals surface area contributed by atoms with Crippen molar-refractivity contribution in [2.24, 2.45) is 11.8 Å². The molecular weight excluding hydrogens is 580 g/mol. The van der Waals surface area contributed by atoms with E-state index >= 15 is 0 Å². The highest BCUT2D eigenvalue weighted by atomic mass is 19.3. The summed E-state index contributed by atoms with van der Waals surface area (Å²) in [7, 11) is 0. The Bertz CT molecular complexity index is 1750. The number of halogens is 2. The van der Waals surface area contributed by atoms with Gasteiger partial charge in [-0.15, -0.1) is 12.3 Å². The second kappa shape index (κ2) is 13.0. The number of hydrogen-bond acceptors (Lipinski definition) is 7. The zero-order valence-corrected chi connectivity index (χ0v) is 24.5. The number of terminal acetylenes is 1. The molecule has 232 valence electrons. The molecule has 0 bridgehead atoms. The molecule has 1 aliphatic carbocycles. The van der Waals surface area contributed by atoms with Crippen molar-refractivity contribution in [3.05, 3.63) is 71.5 Å². The highest BCUT2D eigenvalue weighted by molar-refractivity contribution is 6.03. The number of hydrogen-bond donors (Lipinski definition) is 3. The third-order valence-electron chi connectivity index (χ3n) is 8.54. The van der Waals surface area contributed by atoms with Gasteiger partial charge in [-0.3, -0.25) is 10.7 Å². The summed E-state index contributed by atoms with van der Waals surface area (Å²) in [5.74, 6) is 3.26. The Morgan fingerprint density at radius 1 is 1.11 bits per heavy atom. The van der Waals surface area contributed by atoms with Gasteiger partial charge in [0.15, 0.2) is 17.3 Å². The van der Waals surface area contributed by atoms with E-state index in [1.54, 1.807) is 6.07 Å². The van der Waals surface area contributed by atoms with E-state index < -0.39 is 18.4 Å². The molecule has 2 aliphatic rings. The average Bonchev–Trinajstić information content (AvgIpc) is 3.42. The van der Waals surface area contributed by atoms with Gasteiger partial charge < -0.3 is 19.3 Å². The fourth-order valence-corrected chi connectivity index (χ4v) is 6.28. The molecule has 0 spiro atoms. The summed E-state index contributed by atoms with van der Waals surface area (Å²) in [6.07, 6.45) is 5.23. The third-order valence-corrected chi connectivity index (χ3v) is 8.54. The van der Waals surface area contributed by atoms with Crippen molar-refractivity contribution in [1.29, 1.82) is 5.41 Å². The summed E-state index contributed by atoms with van der Waals surface area (Å²) in [5.41, 5.74) is 2.30. The number of amidine groups is 1. The van der Waals surface area contributed by atoms with Crippen LogP contribution in [0, 0.1) is 29.6 Å². The summed E-state index contributed by atoms with van der Waals surface area (Å²) >= 11 is 0. The van der Waals surface area contributed by atoms with Crippen LogP contribution < -0.4 is 10.2 Å². The van der Waals surface area contributed by atoms with Crippen LogP contribution in [0.3, 0.4) is 0 Å². The van der Waals surface area contributed by atoms with Crippen LogP contribution in [0.1, 0.15) is 55.1 Å². The number of anilines is 1. The summed E-state index contributed by atoms with van der Waals surface area (Å²) in [5, 5.41) is 19.6. The highest BCUT2D eigenvalue weighted by Crippen LogP contribution is 2.38. The first-order valence-electron chi connectivity index (χ1n) is 14.9. The molecule has 2 aromatic carbocycles. The highest BCUT2D eigenvalue weighted by Gasteiger charge is 2.32. The Balaban J connectivity index is 1.56. The first-order chi connectivity index (χ1) is 21.8. The molecule has 0 radical (unpaired) electrons. The van der Waals surface area contributed by atoms with Crippen molar-refractivity contribution in [1.82, 2.24) is 24.8 Å². The van der Waals surface area contributed by atoms with Crippen LogP contribution in [0.2, 0.25) is 0 Å². The molecule has 0 unspecified atom stereocenters. The molecule has 3 heterocycles. The maximum Gasteiger partial charge on any atom is 0.410 e. The molecule has 1 atom stereocenters. The van der Waals surface area contributed by atoms with Gasteiger partial charge in [-0.1, -0.05) is 48.5 Å². The lowest BCUT2D eigenvalue weighted by Crippen LogP contribution is -2.41. The van der Waals surface area contributed by atoms with E-state index in [0.29, 0.717) is 43.3 Å². The van der Waals surface area contributed by atoms with Gasteiger partial charge in [-0.25, -0.2) is 23.5 Å². The minimum atomic E-state index is -2.71. The zero-order chi connectivity index (χ0) is 31.5. The van der Waals surface area contributed by atoms with E-state index in [9.17, 15) is 18.7 Å². The van der Waals surface area contributed by atoms with Gasteiger partial charge in [-0.05, 0) is 43.2 Å². The van der Waals surface area contributed by atoms with Gasteiger partial charge in [-0.2, -0.15) is 4.98 Å². The largest absolute Gasteiger partial charge is 0.465 e. The van der Waals surface area contributed by atoms with Crippen molar-refractivity contribution in [3.63, 3.8) is 0 Å². The van der Waals surface area contributed by atoms with Crippen molar-refractivity contribution in [3.8, 4) is 23.6 Å². The van der Waals surface area contributed by atoms with E-state index in [2.05, 4.69) is 25.4 Å². The monoisotopic (exact) mass is 613 g/mol. The lowest BCUT2D eigenvalue weighted by Gasteiger charge is -2.37. The van der Waals surface area contributed by atoms with Crippen LogP contribution in [0.5, 0.6) is 0 Å². The lowest BCUT2D eigenvalue weighted by atomic mass is 9.82. The van der Waals surface area contributed by atoms with Gasteiger partial charge in [0.1, 0.15) is 11.2 Å². The van der Waals surface area contributed by atoms with Crippen LogP contribution in [0.4, 0.5) is 19.5 Å². The fraction of sp³-hybridized carbons (Fsp3) is 0.364. The number of benzene rings is 2. The molecule has 6 rings (SSSR count). The van der Waals surface area contributed by atoms with Crippen LogP contribution in [-0.4, -0.2) is 56.3 Å². The molecule has 2 aromatic heterocycles. The van der Waals surface area contributed by atoms with E-state index in [1.165, 1.54) is 18.2 Å². The molecule has 1 aliphatic heterocycles. The summed E-state index contributed by atoms with van der Waals surface area (Å²) < 4.78 is 35.6. The first kappa shape index (κ1) is 30.1. The first-order valence-corrected chi connectivity index (χ1v) is 14.9. The van der Waals surface area contributed by atoms with Gasteiger partial charge in [0.05, 0.1) is 19.3 Å². The van der Waals surface area contributed by atoms with Crippen molar-refractivity contribution >= 4 is 29.0 Å². The van der Waals surface area contributed by atoms with Crippen molar-refractivity contribution in [2.75, 3.05) is 24.7 Å². The number of rotatable bonds is 7. The van der Waals surface area contributed by atoms with E-state index in [0.717, 1.165) is 31.2 Å². The van der Waals surface area contributed by atoms with Gasteiger partial charge in [0, 0.05) is 30.1 Å². The molecule has 4 aromatic rings. The van der Waals surface area contributed by atoms with Crippen LogP contribution in [0.25, 0.3) is 22.4 Å². The number of fused-ring (bicyclic) bond motifs is 1. The number of nitrogens with one attached hydrogen (secondary N) is 2. The molecule has 2 fully saturated rings. The number of aromatic nitrogens is 4. The Morgan fingerprint density at radius 3 is 2.60 bits per heavy atom. The quantitative estimate of drug-likeness (QED) is 0.132. The number of carboxylic acid groups (broad SMARTS) is 1. The molecule has 12 heteroatoms. The number of nitrogens with zero attached hydrogens (tertiary/aromatic N) is 5. The van der Waals surface area contributed by atoms with Crippen LogP contribution in [-0.2, 0) is 11.3 Å². The minimum Gasteiger partial charge on any atom is -0.465 e. The average molecular weight is 614 g/mol. The predicted octanol–water partition coefficient (Wildman–Crippen LogP) is 6.04. The number of imidazole rings is 1. The Hall–Kier alpha value is -4.89. The van der Waals surface area contributed by atoms with Crippen molar-refractivity contribution in [2.45, 2.75) is 44.7 Å². The summed E-state index contributed by atoms with van der Waals surface area (Å²) in [6.45, 7) is 2.03. The van der Waals surface area contributed by atoms with Crippen LogP contribution >= 0.6 is 0 Å². The number of carbonyl (C=O) groups is 1. The van der Waals surface area contributed by atoms with E-state index in [-0.39, 0.29) is 40.6 Å². The maximum absolute atomic E-state index is 13.8. The predicted molar refractivity (Wildman–Crippen MR) is 165 cm³/mol. The van der Waals surface area contributed by atoms with Crippen molar-refractivity contribution < 1.29 is 23.4 Å². The maximum atomic E-state index is 13.8. The van der Waals surface area contributed by atoms with E-state index in [4.69, 9.17) is 21.6 Å². The summed E-state index contributed by atoms with van der Waals surface area (Å²) in [6, 6.07) is 15.7. The minimum absolute atomic E-state index is 0.155. The van der Waals surface area contributed by atoms with Gasteiger partial charge in [0.2, 0.25) is 5.95 Å². The zero-order valence-electron chi connectivity index (χ0n) is 24.5. The number of amides is 1. The Morgan fingerprint density at radius 2 is 1.89 bits per heavy atom. The second-order valence-electron chi connectivity index (χ2n) is 11.4. The molecule has 45 heavy (non-hydrogen) atoms. The molecule has 1 saturated heterocycles. The molecule has 3 N–H and O–H groups in total. The molecule has 10 nitrogen and oxygen atoms in total. The second-order valence-corrected chi connectivity index (χ2v) is 11.4.